The first-order valence-electron chi connectivity index (χ1n) is 9.09. The Morgan fingerprint density at radius 1 is 1.09 bits per heavy atom. The largest absolute Gasteiger partial charge is 0.348 e. The van der Waals surface area contributed by atoms with Gasteiger partial charge in [-0.15, -0.1) is 0 Å². The molecule has 2 heterocycles. The summed E-state index contributed by atoms with van der Waals surface area (Å²) in [5.41, 5.74) is 0.645. The Morgan fingerprint density at radius 3 is 2.55 bits per heavy atom. The number of rotatable bonds is 6. The minimum atomic E-state index is -4.12. The van der Waals surface area contributed by atoms with Crippen LogP contribution in [-0.4, -0.2) is 23.7 Å². The van der Waals surface area contributed by atoms with Crippen molar-refractivity contribution in [3.63, 3.8) is 0 Å². The predicted octanol–water partition coefficient (Wildman–Crippen LogP) is 6.14. The Bertz CT molecular complexity index is 1470. The summed E-state index contributed by atoms with van der Waals surface area (Å²) in [4.78, 5) is 16.9. The van der Waals surface area contributed by atoms with Crippen LogP contribution in [0.2, 0.25) is 15.1 Å². The molecule has 0 saturated heterocycles. The highest BCUT2D eigenvalue weighted by atomic mass is 79.9. The van der Waals surface area contributed by atoms with E-state index < -0.39 is 15.9 Å². The zero-order valence-electron chi connectivity index (χ0n) is 16.3. The van der Waals surface area contributed by atoms with Crippen molar-refractivity contribution in [3.05, 3.63) is 79.5 Å². The van der Waals surface area contributed by atoms with E-state index in [4.69, 9.17) is 34.8 Å². The normalized spacial score (nSPS) is 11.5. The van der Waals surface area contributed by atoms with Crippen molar-refractivity contribution in [2.24, 2.45) is 0 Å². The lowest BCUT2D eigenvalue weighted by Crippen LogP contribution is -2.25. The highest BCUT2D eigenvalue weighted by molar-refractivity contribution is 9.10. The maximum absolute atomic E-state index is 13.1. The summed E-state index contributed by atoms with van der Waals surface area (Å²) in [7, 11) is -4.12. The van der Waals surface area contributed by atoms with Gasteiger partial charge in [0.25, 0.3) is 15.9 Å². The van der Waals surface area contributed by atoms with Crippen molar-refractivity contribution in [1.82, 2.24) is 14.7 Å². The van der Waals surface area contributed by atoms with Gasteiger partial charge in [0.2, 0.25) is 0 Å². The number of halogens is 4. The standard InChI is InChI=1S/C20H12BrCl3N4O3S2/c21-10-1-2-12(19(29)26-8-13-15(23)6-11(22)7-16(13)24)17(5-10)28-33(30,31)20-14-9-27-32-18(14)3-4-25-20/h1-7,9,28H,8H2,(H,26,29). The molecule has 4 aromatic rings. The van der Waals surface area contributed by atoms with Crippen LogP contribution in [0.1, 0.15) is 15.9 Å². The zero-order valence-corrected chi connectivity index (χ0v) is 21.8. The highest BCUT2D eigenvalue weighted by Gasteiger charge is 2.23. The molecule has 0 aliphatic heterocycles. The molecule has 0 spiro atoms. The summed E-state index contributed by atoms with van der Waals surface area (Å²) in [6, 6.07) is 9.31. The first-order chi connectivity index (χ1) is 15.7. The van der Waals surface area contributed by atoms with Crippen LogP contribution in [0.15, 0.2) is 58.3 Å². The predicted molar refractivity (Wildman–Crippen MR) is 135 cm³/mol. The fourth-order valence-electron chi connectivity index (χ4n) is 2.98. The lowest BCUT2D eigenvalue weighted by molar-refractivity contribution is 0.0952. The van der Waals surface area contributed by atoms with Crippen molar-refractivity contribution >= 4 is 94.0 Å². The van der Waals surface area contributed by atoms with Crippen LogP contribution < -0.4 is 10.0 Å². The minimum absolute atomic E-state index is 0.0113. The van der Waals surface area contributed by atoms with Crippen LogP contribution in [-0.2, 0) is 16.6 Å². The Labute approximate surface area is 216 Å². The molecule has 2 aromatic carbocycles. The Hall–Kier alpha value is -1.95. The fraction of sp³-hybridized carbons (Fsp3) is 0.0500. The summed E-state index contributed by atoms with van der Waals surface area (Å²) >= 11 is 22.7. The van der Waals surface area contributed by atoms with E-state index in [2.05, 4.69) is 35.3 Å². The van der Waals surface area contributed by atoms with Crippen LogP contribution in [0.25, 0.3) is 10.1 Å². The van der Waals surface area contributed by atoms with Crippen molar-refractivity contribution in [1.29, 1.82) is 0 Å². The quantitative estimate of drug-likeness (QED) is 0.275. The van der Waals surface area contributed by atoms with Gasteiger partial charge in [0, 0.05) is 37.8 Å². The number of carbonyl (C=O) groups excluding carboxylic acids is 1. The van der Waals surface area contributed by atoms with Gasteiger partial charge in [-0.2, -0.15) is 12.8 Å². The number of aromatic nitrogens is 2. The topological polar surface area (TPSA) is 101 Å². The third-order valence-corrected chi connectivity index (χ3v) is 7.98. The average molecular weight is 607 g/mol. The zero-order chi connectivity index (χ0) is 23.8. The molecule has 7 nitrogen and oxygen atoms in total. The highest BCUT2D eigenvalue weighted by Crippen LogP contribution is 2.30. The smallest absolute Gasteiger partial charge is 0.280 e. The number of hydrogen-bond acceptors (Lipinski definition) is 6. The number of amides is 1. The van der Waals surface area contributed by atoms with Gasteiger partial charge < -0.3 is 5.32 Å². The molecule has 1 amide bonds. The lowest BCUT2D eigenvalue weighted by atomic mass is 10.1. The third-order valence-electron chi connectivity index (χ3n) is 4.50. The van der Waals surface area contributed by atoms with Crippen LogP contribution >= 0.6 is 62.3 Å². The van der Waals surface area contributed by atoms with Crippen molar-refractivity contribution < 1.29 is 13.2 Å². The van der Waals surface area contributed by atoms with E-state index in [1.54, 1.807) is 12.1 Å². The summed E-state index contributed by atoms with van der Waals surface area (Å²) in [6.45, 7) is 0.0113. The number of hydrogen-bond donors (Lipinski definition) is 2. The summed E-state index contributed by atoms with van der Waals surface area (Å²) < 4.78 is 34.0. The van der Waals surface area contributed by atoms with E-state index in [1.807, 2.05) is 0 Å². The number of nitrogens with zero attached hydrogens (tertiary/aromatic N) is 2. The van der Waals surface area contributed by atoms with Crippen LogP contribution in [0.3, 0.4) is 0 Å². The number of fused-ring (bicyclic) bond motifs is 1. The fourth-order valence-corrected chi connectivity index (χ4v) is 6.21. The van der Waals surface area contributed by atoms with E-state index in [0.717, 1.165) is 11.5 Å². The molecule has 0 atom stereocenters. The first-order valence-corrected chi connectivity index (χ1v) is 13.3. The number of sulfonamides is 1. The maximum atomic E-state index is 13.1. The Kier molecular flexibility index (Phi) is 7.13. The molecule has 4 rings (SSSR count). The molecule has 0 unspecified atom stereocenters. The molecule has 170 valence electrons. The van der Waals surface area contributed by atoms with Crippen LogP contribution in [0.5, 0.6) is 0 Å². The summed E-state index contributed by atoms with van der Waals surface area (Å²) in [5, 5.41) is 3.88. The number of nitrogens with one attached hydrogen (secondary N) is 2. The second-order valence-corrected chi connectivity index (χ2v) is 11.3. The van der Waals surface area contributed by atoms with Crippen molar-refractivity contribution in [3.8, 4) is 0 Å². The molecule has 0 aliphatic carbocycles. The van der Waals surface area contributed by atoms with Gasteiger partial charge in [0.05, 0.1) is 27.5 Å². The monoisotopic (exact) mass is 604 g/mol. The summed E-state index contributed by atoms with van der Waals surface area (Å²) in [6.07, 6.45) is 2.83. The second-order valence-electron chi connectivity index (χ2n) is 6.68. The molecule has 2 N–H and O–H groups in total. The van der Waals surface area contributed by atoms with Crippen molar-refractivity contribution in [2.75, 3.05) is 4.72 Å². The van der Waals surface area contributed by atoms with Gasteiger partial charge in [-0.05, 0) is 47.9 Å². The number of pyridine rings is 1. The maximum Gasteiger partial charge on any atom is 0.280 e. The van der Waals surface area contributed by atoms with Gasteiger partial charge in [-0.3, -0.25) is 9.52 Å². The SMILES string of the molecule is O=C(NCc1c(Cl)cc(Cl)cc1Cl)c1ccc(Br)cc1NS(=O)(=O)c1nccc2sncc12. The van der Waals surface area contributed by atoms with Crippen molar-refractivity contribution in [2.45, 2.75) is 11.6 Å². The Morgan fingerprint density at radius 2 is 1.82 bits per heavy atom. The van der Waals surface area contributed by atoms with Gasteiger partial charge in [-0.25, -0.2) is 4.98 Å². The van der Waals surface area contributed by atoms with E-state index in [1.165, 1.54) is 36.7 Å². The second kappa shape index (κ2) is 9.73. The lowest BCUT2D eigenvalue weighted by Gasteiger charge is -2.14. The van der Waals surface area contributed by atoms with Gasteiger partial charge in [0.1, 0.15) is 0 Å². The molecule has 0 fully saturated rings. The number of anilines is 1. The molecule has 2 aromatic heterocycles. The van der Waals surface area contributed by atoms with Gasteiger partial charge in [-0.1, -0.05) is 50.7 Å². The van der Waals surface area contributed by atoms with E-state index in [9.17, 15) is 13.2 Å². The molecule has 0 saturated carbocycles. The number of carbonyl (C=O) groups is 1. The molecule has 13 heteroatoms. The molecular formula is C20H12BrCl3N4O3S2. The number of benzene rings is 2. The summed E-state index contributed by atoms with van der Waals surface area (Å²) in [5.74, 6) is -0.536. The van der Waals surface area contributed by atoms with E-state index >= 15 is 0 Å². The molecule has 0 bridgehead atoms. The minimum Gasteiger partial charge on any atom is -0.348 e. The molecule has 0 radical (unpaired) electrons. The Balaban J connectivity index is 1.63. The molecule has 0 aliphatic rings. The first kappa shape index (κ1) is 24.2. The van der Waals surface area contributed by atoms with Crippen LogP contribution in [0, 0.1) is 0 Å². The van der Waals surface area contributed by atoms with E-state index in [0.29, 0.717) is 35.2 Å². The molecular weight excluding hydrogens is 595 g/mol. The van der Waals surface area contributed by atoms with Gasteiger partial charge >= 0.3 is 0 Å². The van der Waals surface area contributed by atoms with E-state index in [-0.39, 0.29) is 22.8 Å². The van der Waals surface area contributed by atoms with Crippen LogP contribution in [0.4, 0.5) is 5.69 Å². The average Bonchev–Trinajstić information content (AvgIpc) is 3.21. The molecule has 33 heavy (non-hydrogen) atoms. The van der Waals surface area contributed by atoms with Gasteiger partial charge in [0.15, 0.2) is 5.03 Å². The third kappa shape index (κ3) is 5.26.